The van der Waals surface area contributed by atoms with Crippen LogP contribution in [-0.2, 0) is 33.4 Å². The highest BCUT2D eigenvalue weighted by Crippen LogP contribution is 2.42. The van der Waals surface area contributed by atoms with Crippen molar-refractivity contribution in [3.8, 4) is 43.9 Å². The van der Waals surface area contributed by atoms with Gasteiger partial charge in [0.05, 0.1) is 44.9 Å². The molecule has 0 spiro atoms. The molecule has 4 aromatic carbocycles. The highest BCUT2D eigenvalue weighted by Gasteiger charge is 2.37. The number of carbonyl (C=O) groups is 6. The fourth-order valence-corrected chi connectivity index (χ4v) is 12.7. The molecule has 6 aromatic rings. The summed E-state index contributed by atoms with van der Waals surface area (Å²) in [6, 6.07) is 37.5. The Hall–Kier alpha value is -7.38. The molecule has 2 saturated carbocycles. The van der Waals surface area contributed by atoms with Crippen LogP contribution in [0.1, 0.15) is 84.6 Å². The number of benzene rings is 4. The lowest BCUT2D eigenvalue weighted by atomic mass is 9.82. The fraction of sp³-hybridized carbons (Fsp3) is 0.397. The first-order valence-electron chi connectivity index (χ1n) is 27.9. The average molecular weight is 1140 g/mol. The maximum absolute atomic E-state index is 14.0. The van der Waals surface area contributed by atoms with Gasteiger partial charge in [0.1, 0.15) is 45.8 Å². The van der Waals surface area contributed by atoms with Crippen molar-refractivity contribution in [1.82, 2.24) is 9.80 Å². The largest absolute Gasteiger partial charge is 0.477 e. The average Bonchev–Trinajstić information content (AvgIpc) is 4.40. The molecule has 4 heterocycles. The quantitative estimate of drug-likeness (QED) is 0.0907. The summed E-state index contributed by atoms with van der Waals surface area (Å²) >= 11 is 2.36. The Bertz CT molecular complexity index is 3080. The maximum Gasteiger partial charge on any atom is 0.350 e. The molecule has 0 bridgehead atoms. The van der Waals surface area contributed by atoms with E-state index in [-0.39, 0.29) is 59.1 Å². The van der Waals surface area contributed by atoms with Gasteiger partial charge in [-0.05, 0) is 159 Å². The van der Waals surface area contributed by atoms with Gasteiger partial charge in [-0.2, -0.15) is 0 Å². The lowest BCUT2D eigenvalue weighted by Gasteiger charge is -2.33. The first kappa shape index (κ1) is 58.3. The number of carboxylic acids is 1. The topological polar surface area (TPSA) is 182 Å². The van der Waals surface area contributed by atoms with E-state index in [1.165, 1.54) is 28.2 Å². The van der Waals surface area contributed by atoms with Crippen LogP contribution in [0, 0.1) is 23.7 Å². The van der Waals surface area contributed by atoms with E-state index in [2.05, 4.69) is 13.8 Å². The lowest BCUT2D eigenvalue weighted by Crippen LogP contribution is -2.49. The van der Waals surface area contributed by atoms with Crippen LogP contribution < -0.4 is 19.3 Å². The van der Waals surface area contributed by atoms with Crippen LogP contribution in [-0.4, -0.2) is 123 Å². The molecule has 2 aliphatic heterocycles. The molecule has 10 rings (SSSR count). The minimum absolute atomic E-state index is 0.0481. The van der Waals surface area contributed by atoms with E-state index >= 15 is 0 Å². The second-order valence-corrected chi connectivity index (χ2v) is 23.2. The predicted octanol–water partition coefficient (Wildman–Crippen LogP) is 11.9. The van der Waals surface area contributed by atoms with Gasteiger partial charge >= 0.3 is 11.9 Å². The minimum atomic E-state index is -1.12. The zero-order valence-electron chi connectivity index (χ0n) is 46.1. The van der Waals surface area contributed by atoms with E-state index in [1.807, 2.05) is 115 Å². The molecule has 1 N–H and O–H groups in total. The van der Waals surface area contributed by atoms with Crippen molar-refractivity contribution >= 4 is 69.6 Å². The number of carboxylic acid groups (broad SMARTS) is 1. The van der Waals surface area contributed by atoms with Crippen molar-refractivity contribution in [3.63, 3.8) is 0 Å². The Morgan fingerprint density at radius 1 is 0.519 bits per heavy atom. The maximum atomic E-state index is 14.0. The van der Waals surface area contributed by atoms with Gasteiger partial charge in [-0.25, -0.2) is 9.59 Å². The van der Waals surface area contributed by atoms with Gasteiger partial charge in [-0.15, -0.1) is 22.7 Å². The van der Waals surface area contributed by atoms with Gasteiger partial charge in [-0.1, -0.05) is 50.2 Å². The normalized spacial score (nSPS) is 19.0. The van der Waals surface area contributed by atoms with Gasteiger partial charge < -0.3 is 48.4 Å². The molecule has 2 aromatic heterocycles. The molecule has 4 amide bonds. The standard InChI is InChI=1S/C32H36N2O6S.C31H34N2O6S/c1-22-8-10-24(11-9-22)31(36)34(21-29(35)33-16-18-39-19-17-33)27-20-28(41-30(27)32(37)38-2)23-12-14-26(15-13-23)40-25-6-4-3-5-7-25;1-21-7-9-23(10-8-21)30(35)33(20-28(34)32-15-17-38-18-16-32)26-19-27(40-29(26)31(36)37)22-11-13-25(14-12-22)39-24-5-3-2-4-6-24/h3-7,12-15,20,22,24H,8-11,16-19,21H2,1-2H3;2-6,11-14,19,21,23H,7-10,15-18,20H2,1H3,(H,36,37). The number of rotatable bonds is 16. The number of methoxy groups -OCH3 is 1. The molecule has 81 heavy (non-hydrogen) atoms. The zero-order chi connectivity index (χ0) is 56.8. The Balaban J connectivity index is 0.000000196. The Morgan fingerprint density at radius 3 is 1.25 bits per heavy atom. The van der Waals surface area contributed by atoms with Crippen LogP contribution in [0.2, 0.25) is 0 Å². The van der Waals surface area contributed by atoms with Gasteiger partial charge in [0.15, 0.2) is 0 Å². The van der Waals surface area contributed by atoms with Crippen LogP contribution in [0.4, 0.5) is 11.4 Å². The number of hydrogen-bond acceptors (Lipinski definition) is 13. The fourth-order valence-electron chi connectivity index (χ4n) is 10.6. The van der Waals surface area contributed by atoms with Gasteiger partial charge in [0, 0.05) is 47.8 Å². The summed E-state index contributed by atoms with van der Waals surface area (Å²) in [5.74, 6) is 1.22. The molecule has 16 nitrogen and oxygen atoms in total. The first-order chi connectivity index (χ1) is 39.3. The van der Waals surface area contributed by atoms with E-state index in [0.29, 0.717) is 91.4 Å². The molecule has 0 unspecified atom stereocenters. The first-order valence-corrected chi connectivity index (χ1v) is 29.5. The van der Waals surface area contributed by atoms with E-state index in [9.17, 15) is 33.9 Å². The number of ether oxygens (including phenoxy) is 5. The lowest BCUT2D eigenvalue weighted by molar-refractivity contribution is -0.135. The van der Waals surface area contributed by atoms with Crippen molar-refractivity contribution in [2.24, 2.45) is 23.7 Å². The van der Waals surface area contributed by atoms with Gasteiger partial charge in [-0.3, -0.25) is 19.2 Å². The van der Waals surface area contributed by atoms with Crippen LogP contribution in [0.25, 0.3) is 20.9 Å². The summed E-state index contributed by atoms with van der Waals surface area (Å²) in [4.78, 5) is 88.2. The smallest absolute Gasteiger partial charge is 0.350 e. The number of anilines is 2. The highest BCUT2D eigenvalue weighted by atomic mass is 32.1. The molecule has 18 heteroatoms. The Labute approximate surface area is 481 Å². The van der Waals surface area contributed by atoms with E-state index in [0.717, 1.165) is 90.2 Å². The number of para-hydroxylation sites is 2. The Morgan fingerprint density at radius 2 is 0.877 bits per heavy atom. The number of thiophene rings is 2. The molecule has 426 valence electrons. The summed E-state index contributed by atoms with van der Waals surface area (Å²) < 4.78 is 27.7. The van der Waals surface area contributed by atoms with Gasteiger partial charge in [0.25, 0.3) is 0 Å². The van der Waals surface area contributed by atoms with E-state index in [4.69, 9.17) is 23.7 Å². The summed E-state index contributed by atoms with van der Waals surface area (Å²) in [6.45, 7) is 7.80. The van der Waals surface area contributed by atoms with Crippen molar-refractivity contribution in [1.29, 1.82) is 0 Å². The number of amides is 4. The third kappa shape index (κ3) is 15.1. The van der Waals surface area contributed by atoms with Crippen molar-refractivity contribution in [2.75, 3.05) is 82.6 Å². The van der Waals surface area contributed by atoms with Crippen molar-refractivity contribution in [3.05, 3.63) is 131 Å². The number of nitrogens with zero attached hydrogens (tertiary/aromatic N) is 4. The van der Waals surface area contributed by atoms with Crippen LogP contribution >= 0.6 is 22.7 Å². The number of hydrogen-bond donors (Lipinski definition) is 1. The molecule has 4 fully saturated rings. The molecule has 2 saturated heterocycles. The number of aromatic carboxylic acids is 1. The summed E-state index contributed by atoms with van der Waals surface area (Å²) in [5, 5.41) is 10.1. The summed E-state index contributed by atoms with van der Waals surface area (Å²) in [5.41, 5.74) is 2.37. The van der Waals surface area contributed by atoms with Crippen LogP contribution in [0.3, 0.4) is 0 Å². The summed E-state index contributed by atoms with van der Waals surface area (Å²) in [6.07, 6.45) is 6.86. The van der Waals surface area contributed by atoms with E-state index < -0.39 is 11.9 Å². The summed E-state index contributed by atoms with van der Waals surface area (Å²) in [7, 11) is 1.33. The third-order valence-electron chi connectivity index (χ3n) is 15.4. The minimum Gasteiger partial charge on any atom is -0.477 e. The SMILES string of the molecule is CC1CCC(C(=O)N(CC(=O)N2CCOCC2)c2cc(-c3ccc(Oc4ccccc4)cc3)sc2C(=O)O)CC1.COC(=O)c1sc(-c2ccc(Oc3ccccc3)cc2)cc1N(CC(=O)N1CCOCC1)C(=O)C1CCC(C)CC1. The molecular weight excluding hydrogens is 1070 g/mol. The number of carbonyl (C=O) groups excluding carboxylic acids is 5. The van der Waals surface area contributed by atoms with Crippen molar-refractivity contribution < 1.29 is 57.6 Å². The molecular formula is C63H70N4O12S2. The van der Waals surface area contributed by atoms with E-state index in [1.54, 1.807) is 15.9 Å². The monoisotopic (exact) mass is 1140 g/mol. The molecule has 2 aliphatic carbocycles. The van der Waals surface area contributed by atoms with Crippen LogP contribution in [0.15, 0.2) is 121 Å². The molecule has 0 atom stereocenters. The number of esters is 1. The predicted molar refractivity (Wildman–Crippen MR) is 313 cm³/mol. The Kier molecular flexibility index (Phi) is 20.0. The second-order valence-electron chi connectivity index (χ2n) is 21.1. The van der Waals surface area contributed by atoms with Crippen LogP contribution in [0.5, 0.6) is 23.0 Å². The number of morpholine rings is 2. The zero-order valence-corrected chi connectivity index (χ0v) is 47.8. The second kappa shape index (κ2) is 27.9. The highest BCUT2D eigenvalue weighted by molar-refractivity contribution is 7.18. The molecule has 0 radical (unpaired) electrons. The van der Waals surface area contributed by atoms with Crippen molar-refractivity contribution in [2.45, 2.75) is 65.2 Å². The molecule has 4 aliphatic rings. The van der Waals surface area contributed by atoms with Gasteiger partial charge in [0.2, 0.25) is 23.6 Å². The third-order valence-corrected chi connectivity index (χ3v) is 17.7.